The van der Waals surface area contributed by atoms with Crippen LogP contribution < -0.4 is 4.74 Å². The van der Waals surface area contributed by atoms with E-state index in [4.69, 9.17) is 4.74 Å². The Bertz CT molecular complexity index is 287. The van der Waals surface area contributed by atoms with E-state index in [0.717, 1.165) is 18.4 Å². The van der Waals surface area contributed by atoms with E-state index in [9.17, 15) is 0 Å². The van der Waals surface area contributed by atoms with Gasteiger partial charge in [0.1, 0.15) is 0 Å². The van der Waals surface area contributed by atoms with Crippen molar-refractivity contribution in [2.24, 2.45) is 0 Å². The fourth-order valence-corrected chi connectivity index (χ4v) is 1.09. The second-order valence-electron chi connectivity index (χ2n) is 4.71. The lowest BCUT2D eigenvalue weighted by Crippen LogP contribution is -2.12. The molecule has 0 bridgehead atoms. The minimum atomic E-state index is 0.0992. The molecule has 0 aliphatic rings. The van der Waals surface area contributed by atoms with E-state index in [0.29, 0.717) is 12.6 Å². The summed E-state index contributed by atoms with van der Waals surface area (Å²) in [6.45, 7) is 9.26. The third-order valence-corrected chi connectivity index (χ3v) is 2.22. The second-order valence-corrected chi connectivity index (χ2v) is 4.71. The van der Waals surface area contributed by atoms with Crippen molar-refractivity contribution >= 4 is 0 Å². The third kappa shape index (κ3) is 3.86. The van der Waals surface area contributed by atoms with Gasteiger partial charge in [-0.3, -0.25) is 0 Å². The molecule has 0 spiro atoms. The Labute approximate surface area is 91.9 Å². The van der Waals surface area contributed by atoms with Crippen molar-refractivity contribution in [1.82, 2.24) is 9.97 Å². The number of aromatic nitrogens is 2. The lowest BCUT2D eigenvalue weighted by Gasteiger charge is -2.17. The molecule has 3 heteroatoms. The van der Waals surface area contributed by atoms with Gasteiger partial charge in [-0.15, -0.1) is 0 Å². The zero-order valence-corrected chi connectivity index (χ0v) is 10.1. The molecule has 0 amide bonds. The van der Waals surface area contributed by atoms with Gasteiger partial charge in [-0.1, -0.05) is 34.1 Å². The molecule has 0 unspecified atom stereocenters. The summed E-state index contributed by atoms with van der Waals surface area (Å²) >= 11 is 0. The van der Waals surface area contributed by atoms with E-state index >= 15 is 0 Å². The van der Waals surface area contributed by atoms with Crippen LogP contribution in [0.5, 0.6) is 6.01 Å². The van der Waals surface area contributed by atoms with Crippen LogP contribution in [0.3, 0.4) is 0 Å². The topological polar surface area (TPSA) is 35.0 Å². The summed E-state index contributed by atoms with van der Waals surface area (Å²) in [5.41, 5.74) is 1.23. The largest absolute Gasteiger partial charge is 0.463 e. The van der Waals surface area contributed by atoms with Crippen LogP contribution in [0, 0.1) is 0 Å². The SMILES string of the molecule is CCCCOc1ncc(C(C)(C)C)cn1. The first-order valence-electron chi connectivity index (χ1n) is 5.49. The predicted octanol–water partition coefficient (Wildman–Crippen LogP) is 2.95. The Balaban J connectivity index is 2.57. The molecule has 1 rings (SSSR count). The minimum Gasteiger partial charge on any atom is -0.463 e. The molecule has 0 aliphatic carbocycles. The maximum absolute atomic E-state index is 5.39. The van der Waals surface area contributed by atoms with Crippen LogP contribution >= 0.6 is 0 Å². The summed E-state index contributed by atoms with van der Waals surface area (Å²) in [6.07, 6.45) is 5.85. The van der Waals surface area contributed by atoms with Gasteiger partial charge in [-0.25, -0.2) is 9.97 Å². The van der Waals surface area contributed by atoms with Gasteiger partial charge in [0.25, 0.3) is 0 Å². The summed E-state index contributed by atoms with van der Waals surface area (Å²) < 4.78 is 5.39. The molecule has 15 heavy (non-hydrogen) atoms. The van der Waals surface area contributed by atoms with E-state index < -0.39 is 0 Å². The lowest BCUT2D eigenvalue weighted by molar-refractivity contribution is 0.284. The minimum absolute atomic E-state index is 0.0992. The van der Waals surface area contributed by atoms with E-state index in [2.05, 4.69) is 37.7 Å². The third-order valence-electron chi connectivity index (χ3n) is 2.22. The van der Waals surface area contributed by atoms with E-state index in [1.807, 2.05) is 12.4 Å². The van der Waals surface area contributed by atoms with Gasteiger partial charge >= 0.3 is 6.01 Å². The van der Waals surface area contributed by atoms with Gasteiger partial charge in [-0.05, 0) is 17.4 Å². The maximum Gasteiger partial charge on any atom is 0.316 e. The molecule has 0 radical (unpaired) electrons. The zero-order valence-electron chi connectivity index (χ0n) is 10.1. The molecular weight excluding hydrogens is 188 g/mol. The molecule has 0 aromatic carbocycles. The monoisotopic (exact) mass is 208 g/mol. The molecule has 1 aromatic heterocycles. The second kappa shape index (κ2) is 5.10. The fourth-order valence-electron chi connectivity index (χ4n) is 1.09. The smallest absolute Gasteiger partial charge is 0.316 e. The van der Waals surface area contributed by atoms with Crippen LogP contribution in [0.4, 0.5) is 0 Å². The summed E-state index contributed by atoms with van der Waals surface area (Å²) in [6, 6.07) is 0.483. The molecule has 0 N–H and O–H groups in total. The molecular formula is C12H20N2O. The number of ether oxygens (including phenoxy) is 1. The van der Waals surface area contributed by atoms with Crippen LogP contribution in [0.15, 0.2) is 12.4 Å². The molecule has 0 fully saturated rings. The van der Waals surface area contributed by atoms with Crippen molar-refractivity contribution in [3.63, 3.8) is 0 Å². The van der Waals surface area contributed by atoms with E-state index in [1.165, 1.54) is 0 Å². The van der Waals surface area contributed by atoms with Gasteiger partial charge < -0.3 is 4.74 Å². The summed E-state index contributed by atoms with van der Waals surface area (Å²) in [5, 5.41) is 0. The van der Waals surface area contributed by atoms with Crippen LogP contribution in [0.1, 0.15) is 46.1 Å². The first-order valence-corrected chi connectivity index (χ1v) is 5.49. The highest BCUT2D eigenvalue weighted by Gasteiger charge is 2.14. The van der Waals surface area contributed by atoms with E-state index in [-0.39, 0.29) is 5.41 Å². The number of hydrogen-bond acceptors (Lipinski definition) is 3. The van der Waals surface area contributed by atoms with Crippen molar-refractivity contribution in [1.29, 1.82) is 0 Å². The molecule has 1 heterocycles. The summed E-state index contributed by atoms with van der Waals surface area (Å²) in [5.74, 6) is 0. The Hall–Kier alpha value is -1.12. The molecule has 0 saturated carbocycles. The standard InChI is InChI=1S/C12H20N2O/c1-5-6-7-15-11-13-8-10(9-14-11)12(2,3)4/h8-9H,5-7H2,1-4H3. The van der Waals surface area contributed by atoms with Crippen molar-refractivity contribution < 1.29 is 4.74 Å². The van der Waals surface area contributed by atoms with Crippen LogP contribution in [0.2, 0.25) is 0 Å². The van der Waals surface area contributed by atoms with Crippen molar-refractivity contribution in [3.05, 3.63) is 18.0 Å². The van der Waals surface area contributed by atoms with Gasteiger partial charge in [0.05, 0.1) is 6.61 Å². The molecule has 0 aliphatic heterocycles. The first kappa shape index (κ1) is 12.0. The highest BCUT2D eigenvalue weighted by molar-refractivity contribution is 5.16. The van der Waals surface area contributed by atoms with Crippen LogP contribution in [-0.4, -0.2) is 16.6 Å². The van der Waals surface area contributed by atoms with Gasteiger partial charge in [0, 0.05) is 12.4 Å². The summed E-state index contributed by atoms with van der Waals surface area (Å²) in [4.78, 5) is 8.37. The molecule has 1 aromatic rings. The van der Waals surface area contributed by atoms with Crippen LogP contribution in [0.25, 0.3) is 0 Å². The first-order chi connectivity index (χ1) is 7.04. The lowest BCUT2D eigenvalue weighted by atomic mass is 9.89. The number of hydrogen-bond donors (Lipinski definition) is 0. The predicted molar refractivity (Wildman–Crippen MR) is 61.1 cm³/mol. The number of nitrogens with zero attached hydrogens (tertiary/aromatic N) is 2. The molecule has 3 nitrogen and oxygen atoms in total. The average molecular weight is 208 g/mol. The fraction of sp³-hybridized carbons (Fsp3) is 0.667. The Morgan fingerprint density at radius 1 is 1.20 bits per heavy atom. The Kier molecular flexibility index (Phi) is 4.06. The van der Waals surface area contributed by atoms with Crippen molar-refractivity contribution in [3.8, 4) is 6.01 Å². The maximum atomic E-state index is 5.39. The molecule has 84 valence electrons. The highest BCUT2D eigenvalue weighted by Crippen LogP contribution is 2.20. The number of rotatable bonds is 4. The average Bonchev–Trinajstić information content (AvgIpc) is 2.18. The molecule has 0 atom stereocenters. The normalized spacial score (nSPS) is 11.5. The Morgan fingerprint density at radius 3 is 2.27 bits per heavy atom. The summed E-state index contributed by atoms with van der Waals surface area (Å²) in [7, 11) is 0. The van der Waals surface area contributed by atoms with Crippen molar-refractivity contribution in [2.45, 2.75) is 46.0 Å². The zero-order chi connectivity index (χ0) is 11.3. The van der Waals surface area contributed by atoms with Gasteiger partial charge in [0.15, 0.2) is 0 Å². The van der Waals surface area contributed by atoms with Gasteiger partial charge in [-0.2, -0.15) is 0 Å². The van der Waals surface area contributed by atoms with Crippen molar-refractivity contribution in [2.75, 3.05) is 6.61 Å². The van der Waals surface area contributed by atoms with Gasteiger partial charge in [0.2, 0.25) is 0 Å². The van der Waals surface area contributed by atoms with Crippen LogP contribution in [-0.2, 0) is 5.41 Å². The molecule has 0 saturated heterocycles. The highest BCUT2D eigenvalue weighted by atomic mass is 16.5. The quantitative estimate of drug-likeness (QED) is 0.713. The Morgan fingerprint density at radius 2 is 1.80 bits per heavy atom. The number of unbranched alkanes of at least 4 members (excludes halogenated alkanes) is 1. The van der Waals surface area contributed by atoms with E-state index in [1.54, 1.807) is 0 Å².